The van der Waals surface area contributed by atoms with Gasteiger partial charge >= 0.3 is 0 Å². The standard InChI is InChI=1S/C12H18N6O3S/c1-22(20,21)18-10-2-3-11(18)9-5-16(4-8(9)10)12(19)6-17-7-13-14-15-17/h7-11H,2-6H2,1H3/t8-,9+,10-,11+. The molecule has 1 amide bonds. The van der Waals surface area contributed by atoms with Gasteiger partial charge in [-0.25, -0.2) is 13.1 Å². The van der Waals surface area contributed by atoms with Gasteiger partial charge in [0.25, 0.3) is 0 Å². The van der Waals surface area contributed by atoms with E-state index in [1.807, 2.05) is 4.90 Å². The number of rotatable bonds is 3. The molecule has 4 rings (SSSR count). The highest BCUT2D eigenvalue weighted by molar-refractivity contribution is 7.88. The van der Waals surface area contributed by atoms with Gasteiger partial charge in [0.1, 0.15) is 12.9 Å². The minimum absolute atomic E-state index is 0.00740. The molecule has 3 aliphatic rings. The lowest BCUT2D eigenvalue weighted by Gasteiger charge is -2.25. The third-order valence-electron chi connectivity index (χ3n) is 5.24. The number of amides is 1. The summed E-state index contributed by atoms with van der Waals surface area (Å²) in [7, 11) is -3.16. The molecule has 1 aromatic heterocycles. The number of aromatic nitrogens is 4. The molecule has 0 unspecified atom stereocenters. The smallest absolute Gasteiger partial charge is 0.244 e. The normalized spacial score (nSPS) is 34.3. The molecule has 3 saturated heterocycles. The highest BCUT2D eigenvalue weighted by atomic mass is 32.2. The fraction of sp³-hybridized carbons (Fsp3) is 0.833. The Bertz CT molecular complexity index is 670. The van der Waals surface area contributed by atoms with Crippen LogP contribution in [0.4, 0.5) is 0 Å². The zero-order chi connectivity index (χ0) is 15.5. The average Bonchev–Trinajstić information content (AvgIpc) is 3.18. The Morgan fingerprint density at radius 3 is 2.36 bits per heavy atom. The SMILES string of the molecule is CS(=O)(=O)N1[C@@H]2CC[C@H]1[C@H]1CN(C(=O)Cn3cnnn3)C[C@H]12. The van der Waals surface area contributed by atoms with Crippen LogP contribution in [0.25, 0.3) is 0 Å². The maximum Gasteiger partial charge on any atom is 0.244 e. The van der Waals surface area contributed by atoms with E-state index in [0.29, 0.717) is 13.1 Å². The van der Waals surface area contributed by atoms with Gasteiger partial charge in [-0.1, -0.05) is 0 Å². The minimum Gasteiger partial charge on any atom is -0.340 e. The number of hydrogen-bond donors (Lipinski definition) is 0. The second-order valence-corrected chi connectivity index (χ2v) is 8.33. The second-order valence-electron chi connectivity index (χ2n) is 6.44. The maximum absolute atomic E-state index is 12.3. The summed E-state index contributed by atoms with van der Waals surface area (Å²) in [6.07, 6.45) is 4.53. The van der Waals surface area contributed by atoms with Crippen molar-refractivity contribution in [3.63, 3.8) is 0 Å². The van der Waals surface area contributed by atoms with Crippen molar-refractivity contribution in [2.24, 2.45) is 11.8 Å². The van der Waals surface area contributed by atoms with Crippen LogP contribution in [0.3, 0.4) is 0 Å². The van der Waals surface area contributed by atoms with E-state index in [2.05, 4.69) is 15.5 Å². The van der Waals surface area contributed by atoms with Crippen molar-refractivity contribution in [1.29, 1.82) is 0 Å². The molecule has 2 bridgehead atoms. The molecule has 0 spiro atoms. The fourth-order valence-corrected chi connectivity index (χ4v) is 6.01. The lowest BCUT2D eigenvalue weighted by Crippen LogP contribution is -2.41. The van der Waals surface area contributed by atoms with Crippen LogP contribution in [0, 0.1) is 11.8 Å². The molecule has 4 heterocycles. The molecule has 0 aliphatic carbocycles. The van der Waals surface area contributed by atoms with Gasteiger partial charge in [0, 0.05) is 25.2 Å². The maximum atomic E-state index is 12.3. The Kier molecular flexibility index (Phi) is 3.02. The van der Waals surface area contributed by atoms with Crippen LogP contribution in [-0.4, -0.2) is 75.2 Å². The van der Waals surface area contributed by atoms with E-state index >= 15 is 0 Å². The van der Waals surface area contributed by atoms with Crippen LogP contribution in [-0.2, 0) is 21.4 Å². The number of nitrogens with zero attached hydrogens (tertiary/aromatic N) is 6. The van der Waals surface area contributed by atoms with Gasteiger partial charge in [0.15, 0.2) is 0 Å². The third-order valence-corrected chi connectivity index (χ3v) is 6.54. The molecule has 0 radical (unpaired) electrons. The number of fused-ring (bicyclic) bond motifs is 5. The largest absolute Gasteiger partial charge is 0.340 e. The first-order chi connectivity index (χ1) is 10.4. The second kappa shape index (κ2) is 4.72. The third kappa shape index (κ3) is 2.04. The summed E-state index contributed by atoms with van der Waals surface area (Å²) < 4.78 is 27.1. The zero-order valence-electron chi connectivity index (χ0n) is 12.2. The van der Waals surface area contributed by atoms with Crippen molar-refractivity contribution in [2.75, 3.05) is 19.3 Å². The van der Waals surface area contributed by atoms with Crippen molar-refractivity contribution in [3.8, 4) is 0 Å². The first-order valence-corrected chi connectivity index (χ1v) is 9.27. The van der Waals surface area contributed by atoms with Crippen molar-refractivity contribution in [2.45, 2.75) is 31.5 Å². The summed E-state index contributed by atoms with van der Waals surface area (Å²) in [5.41, 5.74) is 0. The monoisotopic (exact) mass is 326 g/mol. The Labute approximate surface area is 128 Å². The first kappa shape index (κ1) is 14.1. The molecule has 10 heteroatoms. The van der Waals surface area contributed by atoms with E-state index in [1.54, 1.807) is 4.31 Å². The highest BCUT2D eigenvalue weighted by Gasteiger charge is 2.59. The van der Waals surface area contributed by atoms with Crippen molar-refractivity contribution < 1.29 is 13.2 Å². The molecule has 3 fully saturated rings. The average molecular weight is 326 g/mol. The first-order valence-electron chi connectivity index (χ1n) is 7.42. The molecule has 0 saturated carbocycles. The molecule has 22 heavy (non-hydrogen) atoms. The van der Waals surface area contributed by atoms with Crippen molar-refractivity contribution >= 4 is 15.9 Å². The number of sulfonamides is 1. The Morgan fingerprint density at radius 1 is 1.23 bits per heavy atom. The van der Waals surface area contributed by atoms with Crippen LogP contribution in [0.1, 0.15) is 12.8 Å². The number of hydrogen-bond acceptors (Lipinski definition) is 6. The Hall–Kier alpha value is -1.55. The van der Waals surface area contributed by atoms with Crippen LogP contribution < -0.4 is 0 Å². The van der Waals surface area contributed by atoms with Gasteiger partial charge in [-0.15, -0.1) is 5.10 Å². The lowest BCUT2D eigenvalue weighted by atomic mass is 9.82. The number of likely N-dealkylation sites (tertiary alicyclic amines) is 1. The van der Waals surface area contributed by atoms with Crippen LogP contribution in [0.15, 0.2) is 6.33 Å². The predicted molar refractivity (Wildman–Crippen MR) is 74.9 cm³/mol. The molecule has 120 valence electrons. The molecule has 4 atom stereocenters. The van der Waals surface area contributed by atoms with E-state index < -0.39 is 10.0 Å². The van der Waals surface area contributed by atoms with E-state index in [4.69, 9.17) is 0 Å². The molecular weight excluding hydrogens is 308 g/mol. The van der Waals surface area contributed by atoms with Crippen LogP contribution >= 0.6 is 0 Å². The van der Waals surface area contributed by atoms with E-state index in [0.717, 1.165) is 12.8 Å². The van der Waals surface area contributed by atoms with Crippen LogP contribution in [0.2, 0.25) is 0 Å². The number of tetrazole rings is 1. The van der Waals surface area contributed by atoms with Crippen molar-refractivity contribution in [3.05, 3.63) is 6.33 Å². The fourth-order valence-electron chi connectivity index (χ4n) is 4.50. The Balaban J connectivity index is 1.48. The molecule has 3 aliphatic heterocycles. The summed E-state index contributed by atoms with van der Waals surface area (Å²) in [5.74, 6) is 0.532. The summed E-state index contributed by atoms with van der Waals surface area (Å²) >= 11 is 0. The molecule has 1 aromatic rings. The van der Waals surface area contributed by atoms with Gasteiger partial charge in [-0.05, 0) is 35.1 Å². The van der Waals surface area contributed by atoms with Gasteiger partial charge in [-0.3, -0.25) is 4.79 Å². The number of carbonyl (C=O) groups is 1. The number of carbonyl (C=O) groups excluding carboxylic acids is 1. The topological polar surface area (TPSA) is 101 Å². The Morgan fingerprint density at radius 2 is 1.86 bits per heavy atom. The van der Waals surface area contributed by atoms with Gasteiger partial charge in [-0.2, -0.15) is 4.31 Å². The summed E-state index contributed by atoms with van der Waals surface area (Å²) in [6, 6.07) is 0.131. The summed E-state index contributed by atoms with van der Waals surface area (Å²) in [6.45, 7) is 1.41. The molecule has 0 N–H and O–H groups in total. The quantitative estimate of drug-likeness (QED) is 0.674. The predicted octanol–water partition coefficient (Wildman–Crippen LogP) is -1.45. The van der Waals surface area contributed by atoms with Crippen molar-refractivity contribution in [1.82, 2.24) is 29.4 Å². The molecule has 0 aromatic carbocycles. The highest BCUT2D eigenvalue weighted by Crippen LogP contribution is 2.50. The summed E-state index contributed by atoms with van der Waals surface area (Å²) in [4.78, 5) is 14.2. The van der Waals surface area contributed by atoms with E-state index in [-0.39, 0.29) is 36.4 Å². The lowest BCUT2D eigenvalue weighted by molar-refractivity contribution is -0.131. The summed E-state index contributed by atoms with van der Waals surface area (Å²) in [5, 5.41) is 10.7. The van der Waals surface area contributed by atoms with E-state index in [1.165, 1.54) is 17.3 Å². The molecular formula is C12H18N6O3S. The van der Waals surface area contributed by atoms with Gasteiger partial charge in [0.2, 0.25) is 15.9 Å². The molecule has 9 nitrogen and oxygen atoms in total. The van der Waals surface area contributed by atoms with Gasteiger partial charge < -0.3 is 4.90 Å². The van der Waals surface area contributed by atoms with E-state index in [9.17, 15) is 13.2 Å². The minimum atomic E-state index is -3.16. The van der Waals surface area contributed by atoms with Crippen LogP contribution in [0.5, 0.6) is 0 Å². The van der Waals surface area contributed by atoms with Gasteiger partial charge in [0.05, 0.1) is 6.26 Å². The zero-order valence-corrected chi connectivity index (χ0v) is 13.1.